The number of rotatable bonds is 2. The molecule has 4 nitrogen and oxygen atoms in total. The average molecular weight is 250 g/mol. The molecule has 4 unspecified atom stereocenters. The Morgan fingerprint density at radius 3 is 2.67 bits per heavy atom. The summed E-state index contributed by atoms with van der Waals surface area (Å²) in [7, 11) is 0. The van der Waals surface area contributed by atoms with E-state index in [4.69, 9.17) is 9.47 Å². The van der Waals surface area contributed by atoms with Crippen LogP contribution in [0.25, 0.3) is 0 Å². The minimum atomic E-state index is -0.776. The molecule has 0 aromatic heterocycles. The summed E-state index contributed by atoms with van der Waals surface area (Å²) >= 11 is 0. The molecule has 0 aliphatic carbocycles. The molecule has 4 heteroatoms. The molecule has 0 saturated carbocycles. The van der Waals surface area contributed by atoms with Crippen LogP contribution >= 0.6 is 0 Å². The van der Waals surface area contributed by atoms with Crippen LogP contribution in [0, 0.1) is 5.92 Å². The minimum Gasteiger partial charge on any atom is -0.456 e. The number of aliphatic hydroxyl groups excluding tert-OH is 1. The first kappa shape index (κ1) is 13.1. The highest BCUT2D eigenvalue weighted by Crippen LogP contribution is 2.23. The van der Waals surface area contributed by atoms with Crippen LogP contribution in [0.5, 0.6) is 0 Å². The van der Waals surface area contributed by atoms with Gasteiger partial charge in [0.1, 0.15) is 12.2 Å². The molecule has 4 atom stereocenters. The Morgan fingerprint density at radius 2 is 2.00 bits per heavy atom. The molecular formula is C14H18O4. The molecule has 98 valence electrons. The first-order valence-corrected chi connectivity index (χ1v) is 6.15. The molecule has 1 saturated heterocycles. The van der Waals surface area contributed by atoms with Gasteiger partial charge in [-0.2, -0.15) is 0 Å². The molecule has 1 aliphatic rings. The summed E-state index contributed by atoms with van der Waals surface area (Å²) in [6.07, 6.45) is -1.60. The van der Waals surface area contributed by atoms with E-state index in [1.165, 1.54) is 0 Å². The topological polar surface area (TPSA) is 55.8 Å². The van der Waals surface area contributed by atoms with Crippen molar-refractivity contribution < 1.29 is 19.4 Å². The predicted molar refractivity (Wildman–Crippen MR) is 66.2 cm³/mol. The maximum atomic E-state index is 11.9. The van der Waals surface area contributed by atoms with Crippen molar-refractivity contribution in [1.29, 1.82) is 0 Å². The van der Waals surface area contributed by atoms with Crippen molar-refractivity contribution in [3.8, 4) is 0 Å². The SMILES string of the molecule is CC1COC(C)C(O)C1OC(=O)c1ccccc1. The lowest BCUT2D eigenvalue weighted by molar-refractivity contribution is -0.155. The van der Waals surface area contributed by atoms with Gasteiger partial charge in [-0.1, -0.05) is 25.1 Å². The van der Waals surface area contributed by atoms with Crippen LogP contribution in [0.1, 0.15) is 24.2 Å². The fourth-order valence-electron chi connectivity index (χ4n) is 2.05. The summed E-state index contributed by atoms with van der Waals surface area (Å²) in [5.74, 6) is -0.413. The van der Waals surface area contributed by atoms with Crippen LogP contribution in [-0.2, 0) is 9.47 Å². The molecule has 1 aliphatic heterocycles. The quantitative estimate of drug-likeness (QED) is 0.810. The second-order valence-corrected chi connectivity index (χ2v) is 4.74. The summed E-state index contributed by atoms with van der Waals surface area (Å²) < 4.78 is 10.8. The van der Waals surface area contributed by atoms with Crippen molar-refractivity contribution in [1.82, 2.24) is 0 Å². The molecule has 0 amide bonds. The number of carbonyl (C=O) groups excluding carboxylic acids is 1. The molecule has 18 heavy (non-hydrogen) atoms. The van der Waals surface area contributed by atoms with Crippen molar-refractivity contribution in [2.75, 3.05) is 6.61 Å². The third-order valence-electron chi connectivity index (χ3n) is 3.25. The molecule has 0 radical (unpaired) electrons. The second kappa shape index (κ2) is 5.50. The number of hydrogen-bond donors (Lipinski definition) is 1. The molecule has 0 bridgehead atoms. The Balaban J connectivity index is 2.06. The zero-order valence-corrected chi connectivity index (χ0v) is 10.6. The van der Waals surface area contributed by atoms with E-state index in [2.05, 4.69) is 0 Å². The van der Waals surface area contributed by atoms with E-state index in [0.29, 0.717) is 12.2 Å². The first-order chi connectivity index (χ1) is 8.59. The van der Waals surface area contributed by atoms with Gasteiger partial charge in [0.05, 0.1) is 18.3 Å². The number of ether oxygens (including phenoxy) is 2. The molecule has 1 heterocycles. The zero-order valence-electron chi connectivity index (χ0n) is 10.6. The van der Waals surface area contributed by atoms with Crippen molar-refractivity contribution in [2.45, 2.75) is 32.2 Å². The van der Waals surface area contributed by atoms with E-state index in [9.17, 15) is 9.90 Å². The Hall–Kier alpha value is -1.39. The van der Waals surface area contributed by atoms with E-state index in [0.717, 1.165) is 0 Å². The molecule has 1 aromatic rings. The molecule has 1 N–H and O–H groups in total. The number of aliphatic hydroxyl groups is 1. The fourth-order valence-corrected chi connectivity index (χ4v) is 2.05. The zero-order chi connectivity index (χ0) is 13.1. The van der Waals surface area contributed by atoms with Crippen LogP contribution in [0.3, 0.4) is 0 Å². The van der Waals surface area contributed by atoms with Gasteiger partial charge in [-0.05, 0) is 19.1 Å². The van der Waals surface area contributed by atoms with Gasteiger partial charge in [-0.3, -0.25) is 0 Å². The van der Waals surface area contributed by atoms with Crippen molar-refractivity contribution in [3.63, 3.8) is 0 Å². The molecule has 1 fully saturated rings. The molecule has 2 rings (SSSR count). The van der Waals surface area contributed by atoms with Gasteiger partial charge < -0.3 is 14.6 Å². The van der Waals surface area contributed by atoms with Crippen LogP contribution in [-0.4, -0.2) is 36.0 Å². The Labute approximate surface area is 107 Å². The van der Waals surface area contributed by atoms with Crippen LogP contribution in [0.2, 0.25) is 0 Å². The van der Waals surface area contributed by atoms with Gasteiger partial charge in [-0.15, -0.1) is 0 Å². The first-order valence-electron chi connectivity index (χ1n) is 6.15. The van der Waals surface area contributed by atoms with E-state index < -0.39 is 18.2 Å². The largest absolute Gasteiger partial charge is 0.456 e. The lowest BCUT2D eigenvalue weighted by Gasteiger charge is -2.36. The monoisotopic (exact) mass is 250 g/mol. The normalized spacial score (nSPS) is 31.9. The highest BCUT2D eigenvalue weighted by atomic mass is 16.6. The Bertz CT molecular complexity index is 404. The lowest BCUT2D eigenvalue weighted by atomic mass is 9.94. The molecular weight excluding hydrogens is 232 g/mol. The smallest absolute Gasteiger partial charge is 0.338 e. The van der Waals surface area contributed by atoms with Gasteiger partial charge in [0.15, 0.2) is 0 Å². The summed E-state index contributed by atoms with van der Waals surface area (Å²) in [5.41, 5.74) is 0.496. The van der Waals surface area contributed by atoms with Crippen molar-refractivity contribution >= 4 is 5.97 Å². The van der Waals surface area contributed by atoms with Gasteiger partial charge in [0.2, 0.25) is 0 Å². The highest BCUT2D eigenvalue weighted by molar-refractivity contribution is 5.89. The van der Waals surface area contributed by atoms with Crippen LogP contribution in [0.4, 0.5) is 0 Å². The number of esters is 1. The van der Waals surface area contributed by atoms with Crippen LogP contribution in [0.15, 0.2) is 30.3 Å². The number of carbonyl (C=O) groups is 1. The van der Waals surface area contributed by atoms with Gasteiger partial charge >= 0.3 is 5.97 Å². The van der Waals surface area contributed by atoms with Gasteiger partial charge in [-0.25, -0.2) is 4.79 Å². The third-order valence-corrected chi connectivity index (χ3v) is 3.25. The number of benzene rings is 1. The highest BCUT2D eigenvalue weighted by Gasteiger charge is 2.37. The molecule has 1 aromatic carbocycles. The Morgan fingerprint density at radius 1 is 1.33 bits per heavy atom. The predicted octanol–water partition coefficient (Wildman–Crippen LogP) is 1.63. The lowest BCUT2D eigenvalue weighted by Crippen LogP contribution is -2.50. The number of hydrogen-bond acceptors (Lipinski definition) is 4. The molecule has 0 spiro atoms. The summed E-state index contributed by atoms with van der Waals surface area (Å²) in [4.78, 5) is 11.9. The summed E-state index contributed by atoms with van der Waals surface area (Å²) in [6.45, 7) is 4.17. The third kappa shape index (κ3) is 2.71. The van der Waals surface area contributed by atoms with E-state index >= 15 is 0 Å². The summed E-state index contributed by atoms with van der Waals surface area (Å²) in [5, 5.41) is 10.0. The average Bonchev–Trinajstić information content (AvgIpc) is 2.40. The standard InChI is InChI=1S/C14H18O4/c1-9-8-17-10(2)12(15)13(9)18-14(16)11-6-4-3-5-7-11/h3-7,9-10,12-13,15H,8H2,1-2H3. The van der Waals surface area contributed by atoms with Gasteiger partial charge in [0.25, 0.3) is 0 Å². The van der Waals surface area contributed by atoms with Crippen molar-refractivity contribution in [3.05, 3.63) is 35.9 Å². The van der Waals surface area contributed by atoms with Gasteiger partial charge in [0, 0.05) is 5.92 Å². The Kier molecular flexibility index (Phi) is 3.99. The maximum absolute atomic E-state index is 11.9. The van der Waals surface area contributed by atoms with Crippen LogP contribution < -0.4 is 0 Å². The van der Waals surface area contributed by atoms with E-state index in [-0.39, 0.29) is 12.0 Å². The second-order valence-electron chi connectivity index (χ2n) is 4.74. The van der Waals surface area contributed by atoms with Crippen molar-refractivity contribution in [2.24, 2.45) is 5.92 Å². The van der Waals surface area contributed by atoms with E-state index in [1.54, 1.807) is 31.2 Å². The fraction of sp³-hybridized carbons (Fsp3) is 0.500. The minimum absolute atomic E-state index is 0.0103. The maximum Gasteiger partial charge on any atom is 0.338 e. The van der Waals surface area contributed by atoms with E-state index in [1.807, 2.05) is 13.0 Å². The summed E-state index contributed by atoms with van der Waals surface area (Å²) in [6, 6.07) is 8.79.